The molecule has 2 aliphatic rings. The van der Waals surface area contributed by atoms with Crippen molar-refractivity contribution < 1.29 is 13.5 Å². The molecule has 0 radical (unpaired) electrons. The summed E-state index contributed by atoms with van der Waals surface area (Å²) in [7, 11) is 1.71. The number of hydrogen-bond acceptors (Lipinski definition) is 3. The van der Waals surface area contributed by atoms with Gasteiger partial charge in [-0.3, -0.25) is 9.89 Å². The lowest BCUT2D eigenvalue weighted by atomic mass is 9.99. The molecule has 0 bridgehead atoms. The molecule has 0 amide bonds. The Morgan fingerprint density at radius 3 is 2.78 bits per heavy atom. The molecule has 1 atom stereocenters. The molecule has 2 N–H and O–H groups in total. The highest BCUT2D eigenvalue weighted by molar-refractivity contribution is 5.79. The number of hydrogen-bond donors (Lipinski definition) is 2. The van der Waals surface area contributed by atoms with Gasteiger partial charge < -0.3 is 15.4 Å². The van der Waals surface area contributed by atoms with E-state index >= 15 is 0 Å². The lowest BCUT2D eigenvalue weighted by molar-refractivity contribution is -0.0245. The third-order valence-electron chi connectivity index (χ3n) is 4.60. The van der Waals surface area contributed by atoms with Gasteiger partial charge in [-0.1, -0.05) is 6.42 Å². The number of ether oxygens (including phenoxy) is 1. The highest BCUT2D eigenvalue weighted by Crippen LogP contribution is 2.34. The molecule has 2 fully saturated rings. The van der Waals surface area contributed by atoms with Gasteiger partial charge in [0.2, 0.25) is 5.92 Å². The third kappa shape index (κ3) is 6.99. The number of guanidine groups is 1. The Hall–Kier alpha value is -0.950. The predicted octanol–water partition coefficient (Wildman–Crippen LogP) is 1.70. The largest absolute Gasteiger partial charge is 0.379 e. The first kappa shape index (κ1) is 18.4. The fourth-order valence-corrected chi connectivity index (χ4v) is 3.24. The zero-order valence-electron chi connectivity index (χ0n) is 14.1. The molecule has 1 heterocycles. The highest BCUT2D eigenvalue weighted by atomic mass is 19.3. The lowest BCUT2D eigenvalue weighted by Gasteiger charge is -2.27. The molecule has 23 heavy (non-hydrogen) atoms. The van der Waals surface area contributed by atoms with Crippen LogP contribution in [-0.2, 0) is 4.74 Å². The summed E-state index contributed by atoms with van der Waals surface area (Å²) in [5.41, 5.74) is 0. The van der Waals surface area contributed by atoms with E-state index in [1.165, 1.54) is 0 Å². The summed E-state index contributed by atoms with van der Waals surface area (Å²) in [6.45, 7) is 5.81. The maximum atomic E-state index is 13.6. The van der Waals surface area contributed by atoms with E-state index in [1.807, 2.05) is 0 Å². The smallest absolute Gasteiger partial charge is 0.248 e. The molecular weight excluding hydrogens is 302 g/mol. The number of nitrogens with one attached hydrogen (secondary N) is 2. The van der Waals surface area contributed by atoms with Gasteiger partial charge in [0, 0.05) is 52.6 Å². The highest BCUT2D eigenvalue weighted by Gasteiger charge is 2.34. The van der Waals surface area contributed by atoms with Crippen LogP contribution in [0.4, 0.5) is 8.78 Å². The minimum absolute atomic E-state index is 0.00915. The number of nitrogens with zero attached hydrogens (tertiary/aromatic N) is 2. The van der Waals surface area contributed by atoms with E-state index in [-0.39, 0.29) is 18.8 Å². The van der Waals surface area contributed by atoms with Crippen LogP contribution in [0.15, 0.2) is 4.99 Å². The standard InChI is InChI=1S/C16H30F2N4O/c1-19-15(20-6-7-22-8-10-23-11-9-22)21-13-14-4-2-3-5-16(17,18)12-14/h14H,2-13H2,1H3,(H2,19,20,21). The monoisotopic (exact) mass is 332 g/mol. The first-order valence-corrected chi connectivity index (χ1v) is 8.71. The van der Waals surface area contributed by atoms with E-state index in [2.05, 4.69) is 20.5 Å². The van der Waals surface area contributed by atoms with Crippen molar-refractivity contribution in [1.82, 2.24) is 15.5 Å². The number of aliphatic imine (C=N–C) groups is 1. The van der Waals surface area contributed by atoms with E-state index in [1.54, 1.807) is 7.05 Å². The Kier molecular flexibility index (Phi) is 7.49. The first-order chi connectivity index (χ1) is 11.1. The summed E-state index contributed by atoms with van der Waals surface area (Å²) >= 11 is 0. The molecule has 1 saturated heterocycles. The molecule has 0 aromatic carbocycles. The molecule has 0 aromatic heterocycles. The maximum Gasteiger partial charge on any atom is 0.248 e. The predicted molar refractivity (Wildman–Crippen MR) is 88.1 cm³/mol. The molecule has 1 aliphatic heterocycles. The number of morpholine rings is 1. The Balaban J connectivity index is 1.65. The van der Waals surface area contributed by atoms with Crippen LogP contribution in [0.25, 0.3) is 0 Å². The van der Waals surface area contributed by atoms with Gasteiger partial charge >= 0.3 is 0 Å². The van der Waals surface area contributed by atoms with Crippen molar-refractivity contribution in [2.24, 2.45) is 10.9 Å². The van der Waals surface area contributed by atoms with Gasteiger partial charge in [0.05, 0.1) is 13.2 Å². The Morgan fingerprint density at radius 1 is 1.26 bits per heavy atom. The molecule has 1 saturated carbocycles. The van der Waals surface area contributed by atoms with Crippen molar-refractivity contribution in [1.29, 1.82) is 0 Å². The fraction of sp³-hybridized carbons (Fsp3) is 0.938. The van der Waals surface area contributed by atoms with Gasteiger partial charge in [0.1, 0.15) is 0 Å². The number of halogens is 2. The van der Waals surface area contributed by atoms with Gasteiger partial charge in [-0.05, 0) is 18.8 Å². The lowest BCUT2D eigenvalue weighted by Crippen LogP contribution is -2.45. The normalized spacial score (nSPS) is 26.6. The van der Waals surface area contributed by atoms with Gasteiger partial charge in [-0.2, -0.15) is 0 Å². The summed E-state index contributed by atoms with van der Waals surface area (Å²) in [4.78, 5) is 6.52. The molecule has 1 aliphatic carbocycles. The van der Waals surface area contributed by atoms with Crippen LogP contribution in [0.1, 0.15) is 32.1 Å². The number of rotatable bonds is 5. The van der Waals surface area contributed by atoms with Crippen LogP contribution in [0.5, 0.6) is 0 Å². The molecule has 7 heteroatoms. The Labute approximate surface area is 137 Å². The van der Waals surface area contributed by atoms with Crippen LogP contribution in [0, 0.1) is 5.92 Å². The van der Waals surface area contributed by atoms with E-state index in [4.69, 9.17) is 4.74 Å². The van der Waals surface area contributed by atoms with Crippen molar-refractivity contribution in [3.8, 4) is 0 Å². The summed E-state index contributed by atoms with van der Waals surface area (Å²) < 4.78 is 32.6. The van der Waals surface area contributed by atoms with Crippen molar-refractivity contribution >= 4 is 5.96 Å². The van der Waals surface area contributed by atoms with E-state index in [9.17, 15) is 8.78 Å². The SMILES string of the molecule is CN=C(NCCN1CCOCC1)NCC1CCCCC(F)(F)C1. The van der Waals surface area contributed by atoms with Crippen LogP contribution >= 0.6 is 0 Å². The maximum absolute atomic E-state index is 13.6. The zero-order chi connectivity index (χ0) is 16.5. The van der Waals surface area contributed by atoms with Crippen molar-refractivity contribution in [2.45, 2.75) is 38.0 Å². The molecule has 0 spiro atoms. The van der Waals surface area contributed by atoms with Gasteiger partial charge in [-0.15, -0.1) is 0 Å². The minimum Gasteiger partial charge on any atom is -0.379 e. The van der Waals surface area contributed by atoms with Crippen LogP contribution < -0.4 is 10.6 Å². The summed E-state index contributed by atoms with van der Waals surface area (Å²) in [5, 5.41) is 6.47. The van der Waals surface area contributed by atoms with Crippen molar-refractivity contribution in [3.63, 3.8) is 0 Å². The Morgan fingerprint density at radius 2 is 2.04 bits per heavy atom. The van der Waals surface area contributed by atoms with Crippen LogP contribution in [0.3, 0.4) is 0 Å². The molecule has 1 unspecified atom stereocenters. The summed E-state index contributed by atoms with van der Waals surface area (Å²) in [6, 6.07) is 0. The van der Waals surface area contributed by atoms with E-state index in [0.29, 0.717) is 18.9 Å². The van der Waals surface area contributed by atoms with Crippen molar-refractivity contribution in [3.05, 3.63) is 0 Å². The Bertz CT molecular complexity index is 373. The molecular formula is C16H30F2N4O. The van der Waals surface area contributed by atoms with E-state index in [0.717, 1.165) is 52.2 Å². The zero-order valence-corrected chi connectivity index (χ0v) is 14.1. The fourth-order valence-electron chi connectivity index (χ4n) is 3.24. The number of alkyl halides is 2. The quantitative estimate of drug-likeness (QED) is 0.457. The van der Waals surface area contributed by atoms with Gasteiger partial charge in [0.15, 0.2) is 5.96 Å². The molecule has 5 nitrogen and oxygen atoms in total. The van der Waals surface area contributed by atoms with Crippen LogP contribution in [0.2, 0.25) is 0 Å². The topological polar surface area (TPSA) is 48.9 Å². The minimum atomic E-state index is -2.50. The summed E-state index contributed by atoms with van der Waals surface area (Å²) in [5.74, 6) is -1.79. The van der Waals surface area contributed by atoms with Crippen LogP contribution in [-0.4, -0.2) is 69.8 Å². The molecule has 0 aromatic rings. The second kappa shape index (κ2) is 9.37. The summed E-state index contributed by atoms with van der Waals surface area (Å²) in [6.07, 6.45) is 2.43. The van der Waals surface area contributed by atoms with Gasteiger partial charge in [-0.25, -0.2) is 8.78 Å². The second-order valence-electron chi connectivity index (χ2n) is 6.51. The first-order valence-electron chi connectivity index (χ1n) is 8.71. The van der Waals surface area contributed by atoms with Crippen molar-refractivity contribution in [2.75, 3.05) is 53.0 Å². The van der Waals surface area contributed by atoms with Gasteiger partial charge in [0.25, 0.3) is 0 Å². The third-order valence-corrected chi connectivity index (χ3v) is 4.60. The average Bonchev–Trinajstić information content (AvgIpc) is 2.72. The average molecular weight is 332 g/mol. The molecule has 2 rings (SSSR count). The second-order valence-corrected chi connectivity index (χ2v) is 6.51. The molecule has 134 valence electrons. The van der Waals surface area contributed by atoms with E-state index < -0.39 is 5.92 Å².